The van der Waals surface area contributed by atoms with Crippen LogP contribution in [0.4, 0.5) is 16.2 Å². The first-order valence-corrected chi connectivity index (χ1v) is 10.6. The minimum Gasteiger partial charge on any atom is -0.370 e. The predicted octanol–water partition coefficient (Wildman–Crippen LogP) is 2.53. The molecule has 1 atom stereocenters. The van der Waals surface area contributed by atoms with E-state index < -0.39 is 0 Å². The molecule has 1 N–H and O–H groups in total. The van der Waals surface area contributed by atoms with E-state index >= 15 is 0 Å². The second-order valence-corrected chi connectivity index (χ2v) is 8.00. The highest BCUT2D eigenvalue weighted by molar-refractivity contribution is 5.93. The minimum absolute atomic E-state index is 0.0522. The number of likely N-dealkylation sites (N-methyl/N-ethyl adjacent to an activating group) is 1. The van der Waals surface area contributed by atoms with Gasteiger partial charge in [-0.15, -0.1) is 0 Å². The zero-order valence-electron chi connectivity index (χ0n) is 16.6. The molecule has 3 aliphatic heterocycles. The SMILES string of the molecule is CCN1CCN(C2CCN(C(=O)Nc3ccccc3N3CCCC3)C2)CC1. The Hall–Kier alpha value is -1.79. The smallest absolute Gasteiger partial charge is 0.321 e. The Balaban J connectivity index is 1.33. The van der Waals surface area contributed by atoms with Crippen LogP contribution in [0.25, 0.3) is 0 Å². The summed E-state index contributed by atoms with van der Waals surface area (Å²) in [6.07, 6.45) is 3.57. The fourth-order valence-electron chi connectivity index (χ4n) is 4.68. The second-order valence-electron chi connectivity index (χ2n) is 8.00. The number of nitrogens with zero attached hydrogens (tertiary/aromatic N) is 4. The van der Waals surface area contributed by atoms with Crippen molar-refractivity contribution in [2.24, 2.45) is 0 Å². The Morgan fingerprint density at radius 3 is 2.52 bits per heavy atom. The summed E-state index contributed by atoms with van der Waals surface area (Å²) >= 11 is 0. The maximum atomic E-state index is 12.9. The largest absolute Gasteiger partial charge is 0.370 e. The quantitative estimate of drug-likeness (QED) is 0.883. The summed E-state index contributed by atoms with van der Waals surface area (Å²) in [5.41, 5.74) is 2.11. The average molecular weight is 372 g/mol. The van der Waals surface area contributed by atoms with Crippen LogP contribution in [0.5, 0.6) is 0 Å². The molecule has 2 amide bonds. The Kier molecular flexibility index (Phi) is 5.83. The predicted molar refractivity (Wildman–Crippen MR) is 111 cm³/mol. The summed E-state index contributed by atoms with van der Waals surface area (Å²) < 4.78 is 0. The van der Waals surface area contributed by atoms with E-state index in [-0.39, 0.29) is 6.03 Å². The Morgan fingerprint density at radius 1 is 1.04 bits per heavy atom. The monoisotopic (exact) mass is 371 g/mol. The van der Waals surface area contributed by atoms with Gasteiger partial charge in [0, 0.05) is 58.4 Å². The highest BCUT2D eigenvalue weighted by atomic mass is 16.2. The van der Waals surface area contributed by atoms with Crippen molar-refractivity contribution in [2.75, 3.05) is 69.1 Å². The van der Waals surface area contributed by atoms with Gasteiger partial charge in [0.1, 0.15) is 0 Å². The molecule has 3 heterocycles. The molecular formula is C21H33N5O. The first-order valence-electron chi connectivity index (χ1n) is 10.6. The zero-order valence-corrected chi connectivity index (χ0v) is 16.6. The molecule has 0 aliphatic carbocycles. The number of hydrogen-bond donors (Lipinski definition) is 1. The van der Waals surface area contributed by atoms with Crippen LogP contribution in [0.15, 0.2) is 24.3 Å². The summed E-state index contributed by atoms with van der Waals surface area (Å²) in [6, 6.07) is 8.80. The lowest BCUT2D eigenvalue weighted by molar-refractivity contribution is 0.103. The molecule has 6 nitrogen and oxygen atoms in total. The molecule has 0 radical (unpaired) electrons. The van der Waals surface area contributed by atoms with E-state index in [1.54, 1.807) is 0 Å². The van der Waals surface area contributed by atoms with E-state index in [1.165, 1.54) is 12.8 Å². The van der Waals surface area contributed by atoms with Gasteiger partial charge in [-0.2, -0.15) is 0 Å². The number of benzene rings is 1. The van der Waals surface area contributed by atoms with Crippen molar-refractivity contribution in [1.82, 2.24) is 14.7 Å². The third-order valence-electron chi connectivity index (χ3n) is 6.41. The van der Waals surface area contributed by atoms with Crippen LogP contribution in [0, 0.1) is 0 Å². The lowest BCUT2D eigenvalue weighted by Crippen LogP contribution is -2.51. The number of rotatable bonds is 4. The Bertz CT molecular complexity index is 637. The number of anilines is 2. The zero-order chi connectivity index (χ0) is 18.6. The molecule has 0 aromatic heterocycles. The molecule has 6 heteroatoms. The molecule has 148 valence electrons. The van der Waals surface area contributed by atoms with Crippen molar-refractivity contribution in [3.63, 3.8) is 0 Å². The van der Waals surface area contributed by atoms with Gasteiger partial charge in [0.25, 0.3) is 0 Å². The van der Waals surface area contributed by atoms with Gasteiger partial charge in [0.2, 0.25) is 0 Å². The molecule has 1 aromatic carbocycles. The summed E-state index contributed by atoms with van der Waals surface area (Å²) in [7, 11) is 0. The molecule has 0 saturated carbocycles. The summed E-state index contributed by atoms with van der Waals surface area (Å²) in [5.74, 6) is 0. The van der Waals surface area contributed by atoms with Gasteiger partial charge in [-0.1, -0.05) is 19.1 Å². The molecule has 1 unspecified atom stereocenters. The molecule has 4 rings (SSSR count). The molecule has 1 aromatic rings. The van der Waals surface area contributed by atoms with E-state index in [9.17, 15) is 4.79 Å². The molecular weight excluding hydrogens is 338 g/mol. The van der Waals surface area contributed by atoms with Crippen molar-refractivity contribution < 1.29 is 4.79 Å². The normalized spacial score (nSPS) is 24.6. The third-order valence-corrected chi connectivity index (χ3v) is 6.41. The summed E-state index contributed by atoms with van der Waals surface area (Å²) in [6.45, 7) is 11.8. The van der Waals surface area contributed by atoms with Gasteiger partial charge in [-0.3, -0.25) is 4.90 Å². The van der Waals surface area contributed by atoms with E-state index in [0.717, 1.165) is 76.7 Å². The van der Waals surface area contributed by atoms with Crippen LogP contribution >= 0.6 is 0 Å². The highest BCUT2D eigenvalue weighted by Crippen LogP contribution is 2.29. The second kappa shape index (κ2) is 8.48. The number of nitrogens with one attached hydrogen (secondary N) is 1. The van der Waals surface area contributed by atoms with Crippen LogP contribution in [-0.2, 0) is 0 Å². The van der Waals surface area contributed by atoms with Gasteiger partial charge >= 0.3 is 6.03 Å². The lowest BCUT2D eigenvalue weighted by atomic mass is 10.2. The fourth-order valence-corrected chi connectivity index (χ4v) is 4.68. The molecule has 0 bridgehead atoms. The molecule has 0 spiro atoms. The first kappa shape index (κ1) is 18.6. The van der Waals surface area contributed by atoms with Crippen molar-refractivity contribution in [3.05, 3.63) is 24.3 Å². The van der Waals surface area contributed by atoms with Crippen molar-refractivity contribution >= 4 is 17.4 Å². The number of para-hydroxylation sites is 2. The van der Waals surface area contributed by atoms with Crippen LogP contribution in [-0.4, -0.2) is 85.7 Å². The van der Waals surface area contributed by atoms with Gasteiger partial charge in [0.05, 0.1) is 11.4 Å². The van der Waals surface area contributed by atoms with Crippen molar-refractivity contribution in [2.45, 2.75) is 32.2 Å². The highest BCUT2D eigenvalue weighted by Gasteiger charge is 2.32. The van der Waals surface area contributed by atoms with E-state index in [0.29, 0.717) is 6.04 Å². The fraction of sp³-hybridized carbons (Fsp3) is 0.667. The third kappa shape index (κ3) is 4.22. The number of carbonyl (C=O) groups excluding carboxylic acids is 1. The first-order chi connectivity index (χ1) is 13.2. The standard InChI is InChI=1S/C21H33N5O/c1-2-23-13-15-24(16-14-23)18-9-12-26(17-18)21(27)22-19-7-3-4-8-20(19)25-10-5-6-11-25/h3-4,7-8,18H,2,5-6,9-17H2,1H3,(H,22,27). The van der Waals surface area contributed by atoms with Crippen LogP contribution in [0.1, 0.15) is 26.2 Å². The van der Waals surface area contributed by atoms with E-state index in [4.69, 9.17) is 0 Å². The maximum absolute atomic E-state index is 12.9. The van der Waals surface area contributed by atoms with Gasteiger partial charge in [0.15, 0.2) is 0 Å². The molecule has 3 aliphatic rings. The van der Waals surface area contributed by atoms with Crippen LogP contribution in [0.2, 0.25) is 0 Å². The van der Waals surface area contributed by atoms with Gasteiger partial charge in [-0.05, 0) is 37.9 Å². The Labute approximate surface area is 163 Å². The lowest BCUT2D eigenvalue weighted by Gasteiger charge is -2.37. The van der Waals surface area contributed by atoms with Gasteiger partial charge < -0.3 is 20.0 Å². The van der Waals surface area contributed by atoms with E-state index in [2.05, 4.69) is 39.1 Å². The number of hydrogen-bond acceptors (Lipinski definition) is 4. The number of piperazine rings is 1. The molecule has 3 saturated heterocycles. The number of amides is 2. The number of carbonyl (C=O) groups is 1. The Morgan fingerprint density at radius 2 is 1.78 bits per heavy atom. The summed E-state index contributed by atoms with van der Waals surface area (Å²) in [5, 5.41) is 3.19. The van der Waals surface area contributed by atoms with Crippen molar-refractivity contribution in [3.8, 4) is 0 Å². The van der Waals surface area contributed by atoms with Crippen molar-refractivity contribution in [1.29, 1.82) is 0 Å². The summed E-state index contributed by atoms with van der Waals surface area (Å²) in [4.78, 5) is 22.3. The van der Waals surface area contributed by atoms with E-state index in [1.807, 2.05) is 17.0 Å². The molecule has 3 fully saturated rings. The number of urea groups is 1. The van der Waals surface area contributed by atoms with Crippen LogP contribution < -0.4 is 10.2 Å². The minimum atomic E-state index is 0.0522. The van der Waals surface area contributed by atoms with Gasteiger partial charge in [-0.25, -0.2) is 4.79 Å². The molecule has 27 heavy (non-hydrogen) atoms. The maximum Gasteiger partial charge on any atom is 0.321 e. The average Bonchev–Trinajstić information content (AvgIpc) is 3.41. The van der Waals surface area contributed by atoms with Crippen LogP contribution in [0.3, 0.4) is 0 Å². The number of likely N-dealkylation sites (tertiary alicyclic amines) is 1. The topological polar surface area (TPSA) is 42.1 Å².